The van der Waals surface area contributed by atoms with Crippen LogP contribution < -0.4 is 0 Å². The molecule has 0 unspecified atom stereocenters. The number of carbonyl (C=O) groups is 1. The maximum absolute atomic E-state index is 11.1. The Morgan fingerprint density at radius 2 is 1.61 bits per heavy atom. The van der Waals surface area contributed by atoms with E-state index in [0.29, 0.717) is 5.56 Å². The van der Waals surface area contributed by atoms with Crippen molar-refractivity contribution in [3.8, 4) is 11.1 Å². The topological polar surface area (TPSA) is 70.4 Å². The number of rotatable bonds is 10. The zero-order chi connectivity index (χ0) is 25.8. The molecule has 2 aromatic carbocycles. The molecule has 3 aromatic rings. The van der Waals surface area contributed by atoms with Crippen molar-refractivity contribution >= 4 is 5.97 Å². The highest BCUT2D eigenvalue weighted by Crippen LogP contribution is 2.41. The maximum atomic E-state index is 11.1. The van der Waals surface area contributed by atoms with Gasteiger partial charge in [0, 0.05) is 23.4 Å². The summed E-state index contributed by atoms with van der Waals surface area (Å²) in [4.78, 5) is 15.4. The van der Waals surface area contributed by atoms with E-state index in [2.05, 4.69) is 68.2 Å². The van der Waals surface area contributed by atoms with Gasteiger partial charge in [-0.2, -0.15) is 0 Å². The predicted molar refractivity (Wildman–Crippen MR) is 145 cm³/mol. The second-order valence-electron chi connectivity index (χ2n) is 10.6. The number of aromatic nitrogens is 1. The van der Waals surface area contributed by atoms with E-state index in [-0.39, 0.29) is 11.8 Å². The third-order valence-electron chi connectivity index (χ3n) is 8.37. The van der Waals surface area contributed by atoms with Gasteiger partial charge >= 0.3 is 5.97 Å². The molecule has 0 spiro atoms. The van der Waals surface area contributed by atoms with Crippen LogP contribution in [0.5, 0.6) is 0 Å². The number of carboxylic acids is 1. The van der Waals surface area contributed by atoms with Crippen LogP contribution in [0.1, 0.15) is 86.6 Å². The van der Waals surface area contributed by atoms with Crippen molar-refractivity contribution in [2.75, 3.05) is 0 Å². The number of aliphatic hydroxyl groups is 1. The lowest BCUT2D eigenvalue weighted by molar-refractivity contribution is -0.136. The molecule has 1 aliphatic carbocycles. The quantitative estimate of drug-likeness (QED) is 0.323. The lowest BCUT2D eigenvalue weighted by atomic mass is 9.70. The minimum atomic E-state index is -0.850. The van der Waals surface area contributed by atoms with E-state index in [4.69, 9.17) is 5.11 Å². The fraction of sp³-hybridized carbons (Fsp3) is 0.438. The van der Waals surface area contributed by atoms with Gasteiger partial charge in [0.05, 0.1) is 12.0 Å². The Balaban J connectivity index is 1.58. The number of aryl methyl sites for hydroxylation is 2. The third-order valence-corrected chi connectivity index (χ3v) is 8.37. The third kappa shape index (κ3) is 5.54. The molecular weight excluding hydrogens is 446 g/mol. The van der Waals surface area contributed by atoms with Crippen molar-refractivity contribution in [1.29, 1.82) is 0 Å². The molecule has 190 valence electrons. The van der Waals surface area contributed by atoms with Gasteiger partial charge in [0.1, 0.15) is 0 Å². The monoisotopic (exact) mass is 485 g/mol. The highest BCUT2D eigenvalue weighted by molar-refractivity contribution is 5.72. The predicted octanol–water partition coefficient (Wildman–Crippen LogP) is 7.03. The highest BCUT2D eigenvalue weighted by atomic mass is 16.4. The fourth-order valence-electron chi connectivity index (χ4n) is 6.08. The molecule has 1 heterocycles. The van der Waals surface area contributed by atoms with Crippen molar-refractivity contribution in [2.45, 2.75) is 89.6 Å². The lowest BCUT2D eigenvalue weighted by Crippen LogP contribution is -2.26. The number of pyridine rings is 1. The summed E-state index contributed by atoms with van der Waals surface area (Å²) >= 11 is 0. The van der Waals surface area contributed by atoms with E-state index in [0.717, 1.165) is 68.1 Å². The number of hydrogen-bond acceptors (Lipinski definition) is 3. The maximum Gasteiger partial charge on any atom is 0.307 e. The van der Waals surface area contributed by atoms with Gasteiger partial charge in [0.25, 0.3) is 0 Å². The van der Waals surface area contributed by atoms with Crippen molar-refractivity contribution in [2.24, 2.45) is 0 Å². The number of aliphatic carboxylic acids is 1. The van der Waals surface area contributed by atoms with Crippen molar-refractivity contribution in [1.82, 2.24) is 4.98 Å². The highest BCUT2D eigenvalue weighted by Gasteiger charge is 2.32. The molecule has 36 heavy (non-hydrogen) atoms. The molecule has 1 aromatic heterocycles. The molecule has 0 aliphatic heterocycles. The van der Waals surface area contributed by atoms with Gasteiger partial charge in [-0.05, 0) is 84.9 Å². The normalized spacial score (nSPS) is 15.2. The van der Waals surface area contributed by atoms with Crippen LogP contribution in [-0.2, 0) is 23.1 Å². The number of carboxylic acid groups (broad SMARTS) is 1. The first-order chi connectivity index (χ1) is 17.3. The van der Waals surface area contributed by atoms with E-state index in [1.165, 1.54) is 16.7 Å². The standard InChI is InChI=1S/C32H39NO3/c1-4-32(5-2,27-10-8-24(9-11-27)14-17-31(36)15-6-7-16-31)28-12-13-29(23(3)18-28)26-19-25(20-30(34)35)21-33-22-26/h8-13,18-19,21-22,36H,4-7,14-17,20H2,1-3H3,(H,34,35). The first kappa shape index (κ1) is 26.1. The van der Waals surface area contributed by atoms with Crippen molar-refractivity contribution < 1.29 is 15.0 Å². The first-order valence-electron chi connectivity index (χ1n) is 13.4. The van der Waals surface area contributed by atoms with E-state index in [1.54, 1.807) is 12.4 Å². The Bertz CT molecular complexity index is 1190. The van der Waals surface area contributed by atoms with Gasteiger partial charge in [-0.15, -0.1) is 0 Å². The minimum absolute atomic E-state index is 0.0258. The molecule has 0 saturated heterocycles. The van der Waals surface area contributed by atoms with Gasteiger partial charge in [-0.25, -0.2) is 0 Å². The Kier molecular flexibility index (Phi) is 7.94. The zero-order valence-corrected chi connectivity index (χ0v) is 21.9. The van der Waals surface area contributed by atoms with Gasteiger partial charge in [-0.1, -0.05) is 69.2 Å². The molecule has 0 radical (unpaired) electrons. The summed E-state index contributed by atoms with van der Waals surface area (Å²) in [5.41, 5.74) is 7.29. The van der Waals surface area contributed by atoms with Crippen molar-refractivity contribution in [3.63, 3.8) is 0 Å². The molecule has 1 saturated carbocycles. The van der Waals surface area contributed by atoms with Crippen LogP contribution in [0.3, 0.4) is 0 Å². The van der Waals surface area contributed by atoms with Crippen molar-refractivity contribution in [3.05, 3.63) is 88.7 Å². The van der Waals surface area contributed by atoms with Crippen LogP contribution in [0.2, 0.25) is 0 Å². The lowest BCUT2D eigenvalue weighted by Gasteiger charge is -2.34. The minimum Gasteiger partial charge on any atom is -0.481 e. The Morgan fingerprint density at radius 1 is 0.944 bits per heavy atom. The van der Waals surface area contributed by atoms with Crippen LogP contribution in [0.15, 0.2) is 60.9 Å². The van der Waals surface area contributed by atoms with E-state index < -0.39 is 11.6 Å². The average molecular weight is 486 g/mol. The summed E-state index contributed by atoms with van der Waals surface area (Å²) in [6.45, 7) is 6.64. The second kappa shape index (κ2) is 11.0. The summed E-state index contributed by atoms with van der Waals surface area (Å²) in [6.07, 6.45) is 11.3. The van der Waals surface area contributed by atoms with E-state index in [9.17, 15) is 9.90 Å². The number of benzene rings is 2. The zero-order valence-electron chi connectivity index (χ0n) is 21.9. The SMILES string of the molecule is CCC(CC)(c1ccc(CCC2(O)CCCC2)cc1)c1ccc(-c2cncc(CC(=O)O)c2)c(C)c1. The van der Waals surface area contributed by atoms with Gasteiger partial charge in [-0.3, -0.25) is 9.78 Å². The molecule has 0 bridgehead atoms. The smallest absolute Gasteiger partial charge is 0.307 e. The largest absolute Gasteiger partial charge is 0.481 e. The summed E-state index contributed by atoms with van der Waals surface area (Å²) in [7, 11) is 0. The van der Waals surface area contributed by atoms with Gasteiger partial charge in [0.2, 0.25) is 0 Å². The van der Waals surface area contributed by atoms with Crippen LogP contribution in [-0.4, -0.2) is 26.8 Å². The summed E-state index contributed by atoms with van der Waals surface area (Å²) in [6, 6.07) is 17.6. The average Bonchev–Trinajstić information content (AvgIpc) is 3.31. The van der Waals surface area contributed by atoms with E-state index >= 15 is 0 Å². The summed E-state index contributed by atoms with van der Waals surface area (Å²) in [5.74, 6) is -0.850. The second-order valence-corrected chi connectivity index (χ2v) is 10.6. The summed E-state index contributed by atoms with van der Waals surface area (Å²) < 4.78 is 0. The van der Waals surface area contributed by atoms with Crippen LogP contribution in [0, 0.1) is 6.92 Å². The van der Waals surface area contributed by atoms with Crippen LogP contribution in [0.4, 0.5) is 0 Å². The van der Waals surface area contributed by atoms with Gasteiger partial charge in [0.15, 0.2) is 0 Å². The molecule has 1 aliphatic rings. The molecule has 4 nitrogen and oxygen atoms in total. The molecule has 4 rings (SSSR count). The Labute approximate surface area is 215 Å². The summed E-state index contributed by atoms with van der Waals surface area (Å²) in [5, 5.41) is 19.9. The molecule has 0 amide bonds. The van der Waals surface area contributed by atoms with Crippen LogP contribution >= 0.6 is 0 Å². The Morgan fingerprint density at radius 3 is 2.22 bits per heavy atom. The Hall–Kier alpha value is -2.98. The molecule has 0 atom stereocenters. The number of nitrogens with zero attached hydrogens (tertiary/aromatic N) is 1. The van der Waals surface area contributed by atoms with Crippen LogP contribution in [0.25, 0.3) is 11.1 Å². The number of hydrogen-bond donors (Lipinski definition) is 2. The molecular formula is C32H39NO3. The van der Waals surface area contributed by atoms with E-state index in [1.807, 2.05) is 6.07 Å². The van der Waals surface area contributed by atoms with Gasteiger partial charge < -0.3 is 10.2 Å². The first-order valence-corrected chi connectivity index (χ1v) is 13.4. The molecule has 4 heteroatoms. The molecule has 1 fully saturated rings. The molecule has 2 N–H and O–H groups in total. The fourth-order valence-corrected chi connectivity index (χ4v) is 6.08.